The minimum absolute atomic E-state index is 0.209. The molecule has 0 aliphatic rings. The number of carbonyl (C=O) groups is 1. The Kier molecular flexibility index (Phi) is 5.91. The lowest BCUT2D eigenvalue weighted by Crippen LogP contribution is -2.31. The highest BCUT2D eigenvalue weighted by molar-refractivity contribution is 5.93. The van der Waals surface area contributed by atoms with Crippen molar-refractivity contribution in [2.75, 3.05) is 5.32 Å². The van der Waals surface area contributed by atoms with E-state index in [1.165, 1.54) is 5.56 Å². The first-order chi connectivity index (χ1) is 13.0. The smallest absolute Gasteiger partial charge is 0.266 e. The van der Waals surface area contributed by atoms with Gasteiger partial charge in [-0.2, -0.15) is 5.10 Å². The van der Waals surface area contributed by atoms with Gasteiger partial charge in [0, 0.05) is 6.07 Å². The van der Waals surface area contributed by atoms with Crippen LogP contribution in [0, 0.1) is 0 Å². The number of anilines is 1. The van der Waals surface area contributed by atoms with Crippen LogP contribution >= 0.6 is 0 Å². The Bertz CT molecular complexity index is 887. The molecule has 0 bridgehead atoms. The molecule has 0 saturated carbocycles. The van der Waals surface area contributed by atoms with Crippen LogP contribution in [-0.2, 0) is 11.3 Å². The average molecular weight is 363 g/mol. The van der Waals surface area contributed by atoms with Crippen molar-refractivity contribution in [3.8, 4) is 5.75 Å². The Labute approximate surface area is 160 Å². The van der Waals surface area contributed by atoms with Gasteiger partial charge >= 0.3 is 0 Å². The van der Waals surface area contributed by atoms with Crippen molar-refractivity contribution in [2.45, 2.75) is 39.3 Å². The third-order valence-corrected chi connectivity index (χ3v) is 4.35. The predicted molar refractivity (Wildman–Crippen MR) is 107 cm³/mol. The van der Waals surface area contributed by atoms with Crippen molar-refractivity contribution in [3.05, 3.63) is 78.0 Å². The standard InChI is InChI=1S/C22H25N3O2/c1-16(2)19-10-7-11-20(14-19)27-17(3)22(26)24-21-12-13-23-25(21)15-18-8-5-4-6-9-18/h4-14,16-17H,15H2,1-3H3,(H,24,26). The maximum atomic E-state index is 12.6. The van der Waals surface area contributed by atoms with Crippen molar-refractivity contribution in [1.29, 1.82) is 0 Å². The number of carbonyl (C=O) groups excluding carboxylic acids is 1. The van der Waals surface area contributed by atoms with Crippen LogP contribution in [0.4, 0.5) is 5.82 Å². The van der Waals surface area contributed by atoms with Gasteiger partial charge in [0.25, 0.3) is 5.91 Å². The first-order valence-corrected chi connectivity index (χ1v) is 9.16. The maximum Gasteiger partial charge on any atom is 0.266 e. The molecule has 0 spiro atoms. The second-order valence-corrected chi connectivity index (χ2v) is 6.84. The van der Waals surface area contributed by atoms with E-state index in [1.54, 1.807) is 23.9 Å². The summed E-state index contributed by atoms with van der Waals surface area (Å²) in [5, 5.41) is 7.20. The second kappa shape index (κ2) is 8.54. The summed E-state index contributed by atoms with van der Waals surface area (Å²) < 4.78 is 7.60. The van der Waals surface area contributed by atoms with Gasteiger partial charge in [0.15, 0.2) is 6.10 Å². The van der Waals surface area contributed by atoms with Crippen molar-refractivity contribution in [1.82, 2.24) is 9.78 Å². The van der Waals surface area contributed by atoms with Crippen molar-refractivity contribution < 1.29 is 9.53 Å². The van der Waals surface area contributed by atoms with Crippen molar-refractivity contribution >= 4 is 11.7 Å². The SMILES string of the molecule is CC(Oc1cccc(C(C)C)c1)C(=O)Nc1ccnn1Cc1ccccc1. The van der Waals surface area contributed by atoms with Gasteiger partial charge in [-0.1, -0.05) is 56.3 Å². The minimum atomic E-state index is -0.618. The molecule has 0 fully saturated rings. The van der Waals surface area contributed by atoms with E-state index in [4.69, 9.17) is 4.74 Å². The molecule has 140 valence electrons. The van der Waals surface area contributed by atoms with E-state index in [-0.39, 0.29) is 5.91 Å². The number of nitrogens with zero attached hydrogens (tertiary/aromatic N) is 2. The Balaban J connectivity index is 1.64. The van der Waals surface area contributed by atoms with E-state index in [0.717, 1.165) is 5.56 Å². The number of amides is 1. The summed E-state index contributed by atoms with van der Waals surface area (Å²) in [5.74, 6) is 1.54. The molecule has 3 rings (SSSR count). The summed E-state index contributed by atoms with van der Waals surface area (Å²) in [4.78, 5) is 12.6. The summed E-state index contributed by atoms with van der Waals surface area (Å²) in [6.45, 7) is 6.59. The lowest BCUT2D eigenvalue weighted by molar-refractivity contribution is -0.122. The predicted octanol–water partition coefficient (Wildman–Crippen LogP) is 4.46. The van der Waals surface area contributed by atoms with Crippen LogP contribution in [0.3, 0.4) is 0 Å². The fourth-order valence-corrected chi connectivity index (χ4v) is 2.75. The highest BCUT2D eigenvalue weighted by atomic mass is 16.5. The zero-order chi connectivity index (χ0) is 19.2. The lowest BCUT2D eigenvalue weighted by atomic mass is 10.0. The molecular weight excluding hydrogens is 338 g/mol. The Morgan fingerprint density at radius 3 is 2.59 bits per heavy atom. The number of rotatable bonds is 7. The fourth-order valence-electron chi connectivity index (χ4n) is 2.75. The quantitative estimate of drug-likeness (QED) is 0.674. The number of ether oxygens (including phenoxy) is 1. The summed E-state index contributed by atoms with van der Waals surface area (Å²) in [6, 6.07) is 19.6. The first-order valence-electron chi connectivity index (χ1n) is 9.16. The molecule has 0 radical (unpaired) electrons. The van der Waals surface area contributed by atoms with E-state index in [2.05, 4.69) is 30.3 Å². The molecule has 3 aromatic rings. The normalized spacial score (nSPS) is 12.0. The number of nitrogens with one attached hydrogen (secondary N) is 1. The molecule has 0 aliphatic carbocycles. The van der Waals surface area contributed by atoms with E-state index in [0.29, 0.717) is 24.0 Å². The van der Waals surface area contributed by atoms with Crippen molar-refractivity contribution in [3.63, 3.8) is 0 Å². The fraction of sp³-hybridized carbons (Fsp3) is 0.273. The molecule has 0 aliphatic heterocycles. The third-order valence-electron chi connectivity index (χ3n) is 4.35. The monoisotopic (exact) mass is 363 g/mol. The summed E-state index contributed by atoms with van der Waals surface area (Å²) in [7, 11) is 0. The van der Waals surface area contributed by atoms with Crippen LogP contribution < -0.4 is 10.1 Å². The first kappa shape index (κ1) is 18.7. The van der Waals surface area contributed by atoms with Gasteiger partial charge in [0.1, 0.15) is 11.6 Å². The van der Waals surface area contributed by atoms with Gasteiger partial charge in [-0.3, -0.25) is 4.79 Å². The molecule has 1 unspecified atom stereocenters. The van der Waals surface area contributed by atoms with Gasteiger partial charge in [-0.25, -0.2) is 4.68 Å². The van der Waals surface area contributed by atoms with E-state index in [1.807, 2.05) is 48.5 Å². The highest BCUT2D eigenvalue weighted by Crippen LogP contribution is 2.21. The zero-order valence-electron chi connectivity index (χ0n) is 15.9. The van der Waals surface area contributed by atoms with E-state index >= 15 is 0 Å². The van der Waals surface area contributed by atoms with Crippen LogP contribution in [0.2, 0.25) is 0 Å². The number of hydrogen-bond acceptors (Lipinski definition) is 3. The molecule has 27 heavy (non-hydrogen) atoms. The molecule has 1 atom stereocenters. The Hall–Kier alpha value is -3.08. The third kappa shape index (κ3) is 4.97. The molecule has 1 N–H and O–H groups in total. The molecular formula is C22H25N3O2. The van der Waals surface area contributed by atoms with Gasteiger partial charge in [-0.15, -0.1) is 0 Å². The molecule has 1 amide bonds. The minimum Gasteiger partial charge on any atom is -0.481 e. The molecule has 1 heterocycles. The largest absolute Gasteiger partial charge is 0.481 e. The van der Waals surface area contributed by atoms with Crippen molar-refractivity contribution in [2.24, 2.45) is 0 Å². The van der Waals surface area contributed by atoms with Crippen LogP contribution in [0.5, 0.6) is 5.75 Å². The maximum absolute atomic E-state index is 12.6. The lowest BCUT2D eigenvalue weighted by Gasteiger charge is -2.16. The van der Waals surface area contributed by atoms with Gasteiger partial charge in [0.2, 0.25) is 0 Å². The molecule has 1 aromatic heterocycles. The number of hydrogen-bond donors (Lipinski definition) is 1. The second-order valence-electron chi connectivity index (χ2n) is 6.84. The average Bonchev–Trinajstić information content (AvgIpc) is 3.09. The van der Waals surface area contributed by atoms with E-state index in [9.17, 15) is 4.79 Å². The number of aromatic nitrogens is 2. The molecule has 2 aromatic carbocycles. The molecule has 0 saturated heterocycles. The summed E-state index contributed by atoms with van der Waals surface area (Å²) in [5.41, 5.74) is 2.30. The van der Waals surface area contributed by atoms with Crippen LogP contribution in [-0.4, -0.2) is 21.8 Å². The van der Waals surface area contributed by atoms with Gasteiger partial charge < -0.3 is 10.1 Å². The zero-order valence-corrected chi connectivity index (χ0v) is 15.9. The summed E-state index contributed by atoms with van der Waals surface area (Å²) >= 11 is 0. The van der Waals surface area contributed by atoms with Crippen LogP contribution in [0.15, 0.2) is 66.9 Å². The van der Waals surface area contributed by atoms with Crippen LogP contribution in [0.25, 0.3) is 0 Å². The van der Waals surface area contributed by atoms with Crippen LogP contribution in [0.1, 0.15) is 37.8 Å². The molecule has 5 heteroatoms. The summed E-state index contributed by atoms with van der Waals surface area (Å²) in [6.07, 6.45) is 1.06. The van der Waals surface area contributed by atoms with Gasteiger partial charge in [-0.05, 0) is 36.1 Å². The number of benzene rings is 2. The van der Waals surface area contributed by atoms with E-state index < -0.39 is 6.10 Å². The highest BCUT2D eigenvalue weighted by Gasteiger charge is 2.17. The Morgan fingerprint density at radius 1 is 1.07 bits per heavy atom. The Morgan fingerprint density at radius 2 is 1.85 bits per heavy atom. The topological polar surface area (TPSA) is 56.1 Å². The van der Waals surface area contributed by atoms with Gasteiger partial charge in [0.05, 0.1) is 12.7 Å². The molecule has 5 nitrogen and oxygen atoms in total.